The summed E-state index contributed by atoms with van der Waals surface area (Å²) in [5, 5.41) is 7.83. The number of pyridine rings is 1. The molecule has 8 heteroatoms. The molecule has 0 fully saturated rings. The molecule has 3 N–H and O–H groups in total. The Morgan fingerprint density at radius 1 is 1.42 bits per heavy atom. The topological polar surface area (TPSA) is 102 Å². The Morgan fingerprint density at radius 3 is 3.16 bits per heavy atom. The smallest absolute Gasteiger partial charge is 0.256 e. The summed E-state index contributed by atoms with van der Waals surface area (Å²) in [6.07, 6.45) is 4.77. The molecule has 0 aromatic carbocycles. The van der Waals surface area contributed by atoms with Gasteiger partial charge in [0.25, 0.3) is 5.91 Å². The van der Waals surface area contributed by atoms with Gasteiger partial charge in [0.1, 0.15) is 6.33 Å². The van der Waals surface area contributed by atoms with Crippen molar-refractivity contribution < 1.29 is 4.79 Å². The number of hydrogen-bond acceptors (Lipinski definition) is 6. The van der Waals surface area contributed by atoms with Crippen molar-refractivity contribution in [1.29, 1.82) is 0 Å². The molecule has 0 saturated carbocycles. The van der Waals surface area contributed by atoms with Crippen molar-refractivity contribution in [3.63, 3.8) is 0 Å². The zero-order valence-electron chi connectivity index (χ0n) is 10.2. The van der Waals surface area contributed by atoms with Gasteiger partial charge in [-0.2, -0.15) is 0 Å². The maximum atomic E-state index is 12.5. The zero-order valence-corrected chi connectivity index (χ0v) is 10.2. The lowest BCUT2D eigenvalue weighted by Gasteiger charge is -2.27. The summed E-state index contributed by atoms with van der Waals surface area (Å²) in [5.41, 5.74) is 3.51. The Bertz CT molecular complexity index is 609. The number of anilines is 1. The molecule has 3 rings (SSSR count). The molecule has 98 valence electrons. The van der Waals surface area contributed by atoms with Gasteiger partial charge in [-0.25, -0.2) is 0 Å². The molecular weight excluding hydrogens is 246 g/mol. The molecular formula is C11H13N7O. The predicted molar refractivity (Wildman–Crippen MR) is 66.8 cm³/mol. The summed E-state index contributed by atoms with van der Waals surface area (Å²) in [6, 6.07) is 1.65. The molecule has 0 aliphatic carbocycles. The fourth-order valence-corrected chi connectivity index (χ4v) is 2.11. The van der Waals surface area contributed by atoms with Crippen molar-refractivity contribution in [2.75, 3.05) is 12.0 Å². The number of aromatic nitrogens is 4. The molecule has 0 unspecified atom stereocenters. The number of amides is 1. The Labute approximate surface area is 109 Å². The molecule has 2 aromatic rings. The standard InChI is InChI=1S/C11H13N7O/c12-15-9-5-13-2-1-8(9)11(19)17-3-4-18-7-14-16-10(18)6-17/h1-2,5,7,15H,3-4,6,12H2. The van der Waals surface area contributed by atoms with Gasteiger partial charge in [-0.05, 0) is 6.07 Å². The van der Waals surface area contributed by atoms with Gasteiger partial charge in [-0.3, -0.25) is 15.6 Å². The van der Waals surface area contributed by atoms with Crippen molar-refractivity contribution in [2.45, 2.75) is 13.1 Å². The highest BCUT2D eigenvalue weighted by Gasteiger charge is 2.24. The van der Waals surface area contributed by atoms with E-state index in [1.165, 1.54) is 6.20 Å². The van der Waals surface area contributed by atoms with Crippen LogP contribution in [0.4, 0.5) is 5.69 Å². The first-order chi connectivity index (χ1) is 9.29. The zero-order chi connectivity index (χ0) is 13.2. The van der Waals surface area contributed by atoms with E-state index in [9.17, 15) is 4.79 Å². The third kappa shape index (κ3) is 2.02. The second-order valence-electron chi connectivity index (χ2n) is 4.23. The number of hydrazine groups is 1. The van der Waals surface area contributed by atoms with E-state index < -0.39 is 0 Å². The minimum Gasteiger partial charge on any atom is -0.329 e. The van der Waals surface area contributed by atoms with Crippen LogP contribution in [0.25, 0.3) is 0 Å². The van der Waals surface area contributed by atoms with E-state index in [1.807, 2.05) is 4.57 Å². The number of carbonyl (C=O) groups excluding carboxylic acids is 1. The number of fused-ring (bicyclic) bond motifs is 1. The highest BCUT2D eigenvalue weighted by molar-refractivity contribution is 5.99. The second kappa shape index (κ2) is 4.65. The average Bonchev–Trinajstić information content (AvgIpc) is 2.93. The van der Waals surface area contributed by atoms with E-state index in [0.717, 1.165) is 5.82 Å². The van der Waals surface area contributed by atoms with Crippen LogP contribution in [0.5, 0.6) is 0 Å². The summed E-state index contributed by atoms with van der Waals surface area (Å²) < 4.78 is 1.94. The van der Waals surface area contributed by atoms with Crippen LogP contribution in [0.3, 0.4) is 0 Å². The minimum absolute atomic E-state index is 0.0930. The van der Waals surface area contributed by atoms with Gasteiger partial charge in [0.2, 0.25) is 0 Å². The van der Waals surface area contributed by atoms with E-state index in [4.69, 9.17) is 5.84 Å². The first-order valence-electron chi connectivity index (χ1n) is 5.86. The number of carbonyl (C=O) groups is 1. The van der Waals surface area contributed by atoms with Crippen molar-refractivity contribution in [2.24, 2.45) is 5.84 Å². The average molecular weight is 259 g/mol. The molecule has 1 aliphatic heterocycles. The summed E-state index contributed by atoms with van der Waals surface area (Å²) >= 11 is 0. The summed E-state index contributed by atoms with van der Waals surface area (Å²) in [5.74, 6) is 6.09. The molecule has 3 heterocycles. The van der Waals surface area contributed by atoms with Gasteiger partial charge in [-0.15, -0.1) is 10.2 Å². The minimum atomic E-state index is -0.0930. The lowest BCUT2D eigenvalue weighted by molar-refractivity contribution is 0.0708. The van der Waals surface area contributed by atoms with E-state index in [-0.39, 0.29) is 5.91 Å². The highest BCUT2D eigenvalue weighted by Crippen LogP contribution is 2.18. The summed E-state index contributed by atoms with van der Waals surface area (Å²) in [7, 11) is 0. The molecule has 0 atom stereocenters. The van der Waals surface area contributed by atoms with Crippen molar-refractivity contribution in [1.82, 2.24) is 24.6 Å². The first kappa shape index (κ1) is 11.6. The number of rotatable bonds is 2. The fraction of sp³-hybridized carbons (Fsp3) is 0.273. The molecule has 1 aliphatic rings. The van der Waals surface area contributed by atoms with Crippen molar-refractivity contribution in [3.05, 3.63) is 36.2 Å². The highest BCUT2D eigenvalue weighted by atomic mass is 16.2. The maximum absolute atomic E-state index is 12.5. The molecule has 2 aromatic heterocycles. The fourth-order valence-electron chi connectivity index (χ4n) is 2.11. The third-order valence-electron chi connectivity index (χ3n) is 3.13. The largest absolute Gasteiger partial charge is 0.329 e. The van der Waals surface area contributed by atoms with E-state index in [2.05, 4.69) is 20.6 Å². The third-order valence-corrected chi connectivity index (χ3v) is 3.13. The molecule has 0 saturated heterocycles. The second-order valence-corrected chi connectivity index (χ2v) is 4.23. The van der Waals surface area contributed by atoms with E-state index in [1.54, 1.807) is 23.5 Å². The lowest BCUT2D eigenvalue weighted by atomic mass is 10.2. The molecule has 0 spiro atoms. The van der Waals surface area contributed by atoms with Crippen LogP contribution >= 0.6 is 0 Å². The maximum Gasteiger partial charge on any atom is 0.256 e. The van der Waals surface area contributed by atoms with Gasteiger partial charge in [0.05, 0.1) is 24.0 Å². The number of nitrogen functional groups attached to an aromatic ring is 1. The van der Waals surface area contributed by atoms with Crippen LogP contribution in [0.2, 0.25) is 0 Å². The van der Waals surface area contributed by atoms with Gasteiger partial charge in [-0.1, -0.05) is 0 Å². The monoisotopic (exact) mass is 259 g/mol. The Hall–Kier alpha value is -2.48. The van der Waals surface area contributed by atoms with Crippen LogP contribution < -0.4 is 11.3 Å². The van der Waals surface area contributed by atoms with Crippen LogP contribution in [-0.4, -0.2) is 37.1 Å². The quantitative estimate of drug-likeness (QED) is 0.563. The first-order valence-corrected chi connectivity index (χ1v) is 5.86. The number of nitrogens with zero attached hydrogens (tertiary/aromatic N) is 5. The van der Waals surface area contributed by atoms with Crippen LogP contribution in [0.1, 0.15) is 16.2 Å². The van der Waals surface area contributed by atoms with Gasteiger partial charge < -0.3 is 14.9 Å². The van der Waals surface area contributed by atoms with E-state index in [0.29, 0.717) is 30.9 Å². The number of hydrogen-bond donors (Lipinski definition) is 2. The summed E-state index contributed by atoms with van der Waals surface area (Å²) in [6.45, 7) is 1.77. The Morgan fingerprint density at radius 2 is 2.32 bits per heavy atom. The van der Waals surface area contributed by atoms with E-state index >= 15 is 0 Å². The number of nitrogens with one attached hydrogen (secondary N) is 1. The van der Waals surface area contributed by atoms with Crippen LogP contribution in [0.15, 0.2) is 24.8 Å². The predicted octanol–water partition coefficient (Wildman–Crippen LogP) is -0.385. The number of nitrogens with two attached hydrogens (primary N) is 1. The lowest BCUT2D eigenvalue weighted by Crippen LogP contribution is -2.38. The van der Waals surface area contributed by atoms with Gasteiger partial charge in [0.15, 0.2) is 5.82 Å². The molecule has 19 heavy (non-hydrogen) atoms. The molecule has 0 radical (unpaired) electrons. The molecule has 0 bridgehead atoms. The Balaban J connectivity index is 1.85. The normalized spacial score (nSPS) is 14.1. The van der Waals surface area contributed by atoms with Crippen molar-refractivity contribution in [3.8, 4) is 0 Å². The summed E-state index contributed by atoms with van der Waals surface area (Å²) in [4.78, 5) is 18.1. The van der Waals surface area contributed by atoms with Gasteiger partial charge in [0, 0.05) is 19.3 Å². The van der Waals surface area contributed by atoms with Crippen LogP contribution in [0, 0.1) is 0 Å². The molecule has 1 amide bonds. The Kier molecular flexibility index (Phi) is 2.84. The van der Waals surface area contributed by atoms with Crippen LogP contribution in [-0.2, 0) is 13.1 Å². The van der Waals surface area contributed by atoms with Gasteiger partial charge >= 0.3 is 0 Å². The van der Waals surface area contributed by atoms with Crippen molar-refractivity contribution >= 4 is 11.6 Å². The SMILES string of the molecule is NNc1cnccc1C(=O)N1CCn2cnnc2C1. The molecule has 8 nitrogen and oxygen atoms in total.